The highest BCUT2D eigenvalue weighted by atomic mass is 16.5. The Morgan fingerprint density at radius 1 is 1.12 bits per heavy atom. The Hall–Kier alpha value is -2.07. The fraction of sp³-hybridized carbons (Fsp3) is 0.476. The van der Waals surface area contributed by atoms with Crippen LogP contribution in [0.2, 0.25) is 0 Å². The fourth-order valence-corrected chi connectivity index (χ4v) is 3.51. The minimum absolute atomic E-state index is 0.529. The summed E-state index contributed by atoms with van der Waals surface area (Å²) < 4.78 is 11.1. The van der Waals surface area contributed by atoms with Crippen molar-refractivity contribution in [1.82, 2.24) is 9.88 Å². The number of piperidine rings is 1. The number of rotatable bonds is 8. The lowest BCUT2D eigenvalue weighted by Crippen LogP contribution is -2.34. The molecule has 1 fully saturated rings. The molecule has 0 N–H and O–H groups in total. The first-order valence-corrected chi connectivity index (χ1v) is 9.27. The van der Waals surface area contributed by atoms with Gasteiger partial charge in [-0.1, -0.05) is 18.6 Å². The molecule has 0 spiro atoms. The van der Waals surface area contributed by atoms with Gasteiger partial charge in [0.2, 0.25) is 0 Å². The predicted molar refractivity (Wildman–Crippen MR) is 100 cm³/mol. The summed E-state index contributed by atoms with van der Waals surface area (Å²) >= 11 is 0. The maximum absolute atomic E-state index is 5.84. The normalized spacial score (nSPS) is 18.0. The van der Waals surface area contributed by atoms with Gasteiger partial charge >= 0.3 is 0 Å². The second-order valence-electron chi connectivity index (χ2n) is 6.57. The predicted octanol–water partition coefficient (Wildman–Crippen LogP) is 4.48. The smallest absolute Gasteiger partial charge is 0.122 e. The number of likely N-dealkylation sites (tertiary alicyclic amines) is 1. The Morgan fingerprint density at radius 3 is 2.88 bits per heavy atom. The minimum Gasteiger partial charge on any atom is -0.497 e. The van der Waals surface area contributed by atoms with E-state index in [1.54, 1.807) is 7.11 Å². The third-order valence-electron chi connectivity index (χ3n) is 4.83. The van der Waals surface area contributed by atoms with Crippen molar-refractivity contribution in [3.8, 4) is 11.5 Å². The van der Waals surface area contributed by atoms with Gasteiger partial charge in [0.25, 0.3) is 0 Å². The largest absolute Gasteiger partial charge is 0.497 e. The summed E-state index contributed by atoms with van der Waals surface area (Å²) in [6.07, 6.45) is 9.95. The van der Waals surface area contributed by atoms with Crippen LogP contribution in [0.3, 0.4) is 0 Å². The number of pyridine rings is 1. The van der Waals surface area contributed by atoms with Gasteiger partial charge in [-0.05, 0) is 62.5 Å². The average Bonchev–Trinajstić information content (AvgIpc) is 2.69. The number of nitrogens with zero attached hydrogens (tertiary/aromatic N) is 2. The van der Waals surface area contributed by atoms with Crippen LogP contribution in [-0.2, 0) is 0 Å². The highest BCUT2D eigenvalue weighted by Crippen LogP contribution is 2.30. The summed E-state index contributed by atoms with van der Waals surface area (Å²) in [7, 11) is 1.68. The number of aromatic nitrogens is 1. The summed E-state index contributed by atoms with van der Waals surface area (Å²) in [5.74, 6) is 1.72. The molecule has 1 aliphatic heterocycles. The Kier molecular flexibility index (Phi) is 6.69. The molecule has 1 atom stereocenters. The summed E-state index contributed by atoms with van der Waals surface area (Å²) in [4.78, 5) is 6.91. The zero-order chi connectivity index (χ0) is 17.3. The molecule has 1 aromatic heterocycles. The maximum atomic E-state index is 5.84. The second kappa shape index (κ2) is 9.42. The summed E-state index contributed by atoms with van der Waals surface area (Å²) in [5, 5.41) is 0. The quantitative estimate of drug-likeness (QED) is 0.664. The van der Waals surface area contributed by atoms with Gasteiger partial charge in [-0.25, -0.2) is 0 Å². The van der Waals surface area contributed by atoms with E-state index in [9.17, 15) is 0 Å². The molecule has 4 heteroatoms. The molecular weight excluding hydrogens is 312 g/mol. The van der Waals surface area contributed by atoms with Gasteiger partial charge in [0, 0.05) is 24.5 Å². The number of hydrogen-bond acceptors (Lipinski definition) is 4. The van der Waals surface area contributed by atoms with Crippen LogP contribution < -0.4 is 9.47 Å². The molecule has 0 aliphatic carbocycles. The first-order valence-electron chi connectivity index (χ1n) is 9.27. The van der Waals surface area contributed by atoms with E-state index in [-0.39, 0.29) is 0 Å². The van der Waals surface area contributed by atoms with E-state index in [2.05, 4.69) is 16.0 Å². The number of benzene rings is 1. The van der Waals surface area contributed by atoms with Crippen molar-refractivity contribution in [1.29, 1.82) is 0 Å². The Labute approximate surface area is 150 Å². The van der Waals surface area contributed by atoms with E-state index >= 15 is 0 Å². The maximum Gasteiger partial charge on any atom is 0.122 e. The van der Waals surface area contributed by atoms with Crippen LogP contribution in [0.25, 0.3) is 0 Å². The molecule has 1 aliphatic rings. The highest BCUT2D eigenvalue weighted by Gasteiger charge is 2.23. The molecule has 25 heavy (non-hydrogen) atoms. The molecular formula is C21H28N2O2. The van der Waals surface area contributed by atoms with E-state index in [0.29, 0.717) is 6.04 Å². The molecule has 1 saturated heterocycles. The number of ether oxygens (including phenoxy) is 2. The zero-order valence-electron chi connectivity index (χ0n) is 15.1. The van der Waals surface area contributed by atoms with Gasteiger partial charge in [0.1, 0.15) is 11.5 Å². The zero-order valence-corrected chi connectivity index (χ0v) is 15.1. The van der Waals surface area contributed by atoms with Crippen molar-refractivity contribution >= 4 is 0 Å². The van der Waals surface area contributed by atoms with Gasteiger partial charge in [0.05, 0.1) is 13.7 Å². The van der Waals surface area contributed by atoms with Crippen molar-refractivity contribution in [2.75, 3.05) is 26.8 Å². The van der Waals surface area contributed by atoms with Crippen LogP contribution in [0.15, 0.2) is 48.8 Å². The van der Waals surface area contributed by atoms with Crippen molar-refractivity contribution in [3.63, 3.8) is 0 Å². The minimum atomic E-state index is 0.529. The molecule has 4 nitrogen and oxygen atoms in total. The molecule has 2 heterocycles. The van der Waals surface area contributed by atoms with Crippen LogP contribution >= 0.6 is 0 Å². The van der Waals surface area contributed by atoms with Crippen molar-refractivity contribution < 1.29 is 9.47 Å². The van der Waals surface area contributed by atoms with E-state index in [1.165, 1.54) is 31.4 Å². The summed E-state index contributed by atoms with van der Waals surface area (Å²) in [6.45, 7) is 3.07. The van der Waals surface area contributed by atoms with Crippen LogP contribution in [-0.4, -0.2) is 36.7 Å². The lowest BCUT2D eigenvalue weighted by atomic mass is 9.96. The van der Waals surface area contributed by atoms with Crippen molar-refractivity contribution in [2.24, 2.45) is 0 Å². The fourth-order valence-electron chi connectivity index (χ4n) is 3.51. The van der Waals surface area contributed by atoms with Crippen LogP contribution in [0.4, 0.5) is 0 Å². The molecule has 1 aromatic carbocycles. The van der Waals surface area contributed by atoms with Gasteiger partial charge in [0.15, 0.2) is 0 Å². The summed E-state index contributed by atoms with van der Waals surface area (Å²) in [5.41, 5.74) is 1.36. The van der Waals surface area contributed by atoms with Crippen LogP contribution in [0.1, 0.15) is 43.7 Å². The first-order chi connectivity index (χ1) is 12.4. The second-order valence-corrected chi connectivity index (χ2v) is 6.57. The summed E-state index contributed by atoms with van der Waals surface area (Å²) in [6, 6.07) is 12.6. The highest BCUT2D eigenvalue weighted by molar-refractivity contribution is 5.32. The molecule has 3 rings (SSSR count). The van der Waals surface area contributed by atoms with E-state index in [1.807, 2.05) is 42.7 Å². The lowest BCUT2D eigenvalue weighted by Gasteiger charge is -2.35. The number of unbranched alkanes of at least 4 members (excludes halogenated alkanes) is 1. The molecule has 2 aromatic rings. The standard InChI is InChI=1S/C21H28N2O2/c1-24-19-9-6-10-20(16-19)25-15-5-4-14-23-13-3-2-11-21(23)18-8-7-12-22-17-18/h6-10,12,16-17,21H,2-5,11,13-15H2,1H3. The Morgan fingerprint density at radius 2 is 2.04 bits per heavy atom. The Bertz CT molecular complexity index is 633. The van der Waals surface area contributed by atoms with Crippen LogP contribution in [0, 0.1) is 0 Å². The molecule has 0 saturated carbocycles. The van der Waals surface area contributed by atoms with Gasteiger partial charge < -0.3 is 9.47 Å². The average molecular weight is 340 g/mol. The molecule has 1 unspecified atom stereocenters. The number of hydrogen-bond donors (Lipinski definition) is 0. The number of methoxy groups -OCH3 is 1. The van der Waals surface area contributed by atoms with E-state index in [4.69, 9.17) is 9.47 Å². The molecule has 0 radical (unpaired) electrons. The molecule has 134 valence electrons. The lowest BCUT2D eigenvalue weighted by molar-refractivity contribution is 0.143. The Balaban J connectivity index is 1.42. The third-order valence-corrected chi connectivity index (χ3v) is 4.83. The van der Waals surface area contributed by atoms with E-state index < -0.39 is 0 Å². The monoisotopic (exact) mass is 340 g/mol. The van der Waals surface area contributed by atoms with Gasteiger partial charge in [-0.15, -0.1) is 0 Å². The first kappa shape index (κ1) is 17.7. The van der Waals surface area contributed by atoms with Gasteiger partial charge in [-0.3, -0.25) is 9.88 Å². The SMILES string of the molecule is COc1cccc(OCCCCN2CCCCC2c2cccnc2)c1. The topological polar surface area (TPSA) is 34.6 Å². The molecule has 0 amide bonds. The van der Waals surface area contributed by atoms with Crippen molar-refractivity contribution in [2.45, 2.75) is 38.1 Å². The van der Waals surface area contributed by atoms with Gasteiger partial charge in [-0.2, -0.15) is 0 Å². The van der Waals surface area contributed by atoms with Crippen molar-refractivity contribution in [3.05, 3.63) is 54.4 Å². The third kappa shape index (κ3) is 5.20. The van der Waals surface area contributed by atoms with E-state index in [0.717, 1.165) is 37.5 Å². The molecule has 0 bridgehead atoms. The van der Waals surface area contributed by atoms with Crippen LogP contribution in [0.5, 0.6) is 11.5 Å².